The van der Waals surface area contributed by atoms with Gasteiger partial charge < -0.3 is 10.4 Å². The highest BCUT2D eigenvalue weighted by atomic mass is 32.1. The molecule has 3 rings (SSSR count). The normalized spacial score (nSPS) is 16.4. The van der Waals surface area contributed by atoms with Crippen LogP contribution in [0, 0.1) is 0 Å². The van der Waals surface area contributed by atoms with Gasteiger partial charge in [0.25, 0.3) is 0 Å². The quantitative estimate of drug-likeness (QED) is 0.777. The summed E-state index contributed by atoms with van der Waals surface area (Å²) in [5.74, 6) is 2.60. The number of H-pyrrole nitrogens is 1. The molecule has 0 aliphatic heterocycles. The van der Waals surface area contributed by atoms with Gasteiger partial charge in [-0.15, -0.1) is 0 Å². The first kappa shape index (κ1) is 13.4. The number of aromatic amines is 1. The van der Waals surface area contributed by atoms with Gasteiger partial charge in [0.15, 0.2) is 5.82 Å². The fourth-order valence-corrected chi connectivity index (χ4v) is 3.12. The molecule has 2 aromatic heterocycles. The highest BCUT2D eigenvalue weighted by molar-refractivity contribution is 7.09. The fraction of sp³-hybridized carbons (Fsp3) is 0.667. The van der Waals surface area contributed by atoms with E-state index in [0.29, 0.717) is 24.1 Å². The van der Waals surface area contributed by atoms with Crippen LogP contribution in [0.4, 0.5) is 5.13 Å². The van der Waals surface area contributed by atoms with E-state index in [-0.39, 0.29) is 6.61 Å². The zero-order valence-electron chi connectivity index (χ0n) is 11.2. The second-order valence-corrected chi connectivity index (χ2v) is 5.75. The van der Waals surface area contributed by atoms with Gasteiger partial charge in [0.2, 0.25) is 5.13 Å². The van der Waals surface area contributed by atoms with Crippen molar-refractivity contribution in [1.82, 2.24) is 24.5 Å². The van der Waals surface area contributed by atoms with Crippen molar-refractivity contribution in [1.29, 1.82) is 0 Å². The molecule has 0 aromatic carbocycles. The van der Waals surface area contributed by atoms with Crippen LogP contribution < -0.4 is 5.32 Å². The number of aliphatic hydroxyl groups is 1. The summed E-state index contributed by atoms with van der Waals surface area (Å²) in [4.78, 5) is 8.68. The topological polar surface area (TPSA) is 99.6 Å². The highest BCUT2D eigenvalue weighted by Gasteiger charge is 2.19. The Morgan fingerprint density at radius 2 is 2.10 bits per heavy atom. The molecule has 1 aliphatic carbocycles. The molecule has 8 heteroatoms. The van der Waals surface area contributed by atoms with Gasteiger partial charge in [0.1, 0.15) is 18.3 Å². The zero-order chi connectivity index (χ0) is 13.8. The first-order chi connectivity index (χ1) is 9.85. The average molecular weight is 294 g/mol. The lowest BCUT2D eigenvalue weighted by Crippen LogP contribution is -2.06. The Kier molecular flexibility index (Phi) is 4.22. The van der Waals surface area contributed by atoms with E-state index in [0.717, 1.165) is 11.0 Å². The molecule has 1 aliphatic rings. The first-order valence-corrected chi connectivity index (χ1v) is 7.71. The van der Waals surface area contributed by atoms with E-state index < -0.39 is 0 Å². The summed E-state index contributed by atoms with van der Waals surface area (Å²) < 4.78 is 4.46. The van der Waals surface area contributed by atoms with Gasteiger partial charge in [-0.2, -0.15) is 9.47 Å². The molecular formula is C12H18N6OS. The van der Waals surface area contributed by atoms with Crippen molar-refractivity contribution in [2.24, 2.45) is 0 Å². The van der Waals surface area contributed by atoms with Crippen LogP contribution >= 0.6 is 11.5 Å². The van der Waals surface area contributed by atoms with Crippen LogP contribution in [0.5, 0.6) is 0 Å². The number of hydrogen-bond donors (Lipinski definition) is 3. The van der Waals surface area contributed by atoms with Crippen LogP contribution in [0.3, 0.4) is 0 Å². The van der Waals surface area contributed by atoms with E-state index in [1.54, 1.807) is 0 Å². The van der Waals surface area contributed by atoms with Gasteiger partial charge in [-0.1, -0.05) is 19.3 Å². The minimum atomic E-state index is -0.152. The lowest BCUT2D eigenvalue weighted by molar-refractivity contribution is 0.271. The van der Waals surface area contributed by atoms with Crippen molar-refractivity contribution >= 4 is 16.7 Å². The predicted octanol–water partition coefficient (Wildman–Crippen LogP) is 1.81. The third-order valence-electron chi connectivity index (χ3n) is 3.54. The summed E-state index contributed by atoms with van der Waals surface area (Å²) in [6, 6.07) is 0. The minimum Gasteiger partial charge on any atom is -0.388 e. The molecule has 0 saturated heterocycles. The van der Waals surface area contributed by atoms with Gasteiger partial charge in [-0.05, 0) is 12.8 Å². The lowest BCUT2D eigenvalue weighted by Gasteiger charge is -2.18. The number of nitrogens with one attached hydrogen (secondary N) is 2. The van der Waals surface area contributed by atoms with Crippen molar-refractivity contribution in [3.05, 3.63) is 17.5 Å². The Bertz CT molecular complexity index is 548. The summed E-state index contributed by atoms with van der Waals surface area (Å²) in [5, 5.41) is 19.5. The van der Waals surface area contributed by atoms with Crippen LogP contribution in [0.1, 0.15) is 55.5 Å². The van der Waals surface area contributed by atoms with Gasteiger partial charge in [-0.3, -0.25) is 5.10 Å². The van der Waals surface area contributed by atoms with Gasteiger partial charge in [0, 0.05) is 17.5 Å². The number of hydrogen-bond acceptors (Lipinski definition) is 7. The number of nitrogens with zero attached hydrogens (tertiary/aromatic N) is 4. The molecule has 1 saturated carbocycles. The molecule has 1 fully saturated rings. The Morgan fingerprint density at radius 3 is 2.85 bits per heavy atom. The molecule has 108 valence electrons. The summed E-state index contributed by atoms with van der Waals surface area (Å²) >= 11 is 1.39. The molecule has 0 unspecified atom stereocenters. The van der Waals surface area contributed by atoms with E-state index in [9.17, 15) is 0 Å². The van der Waals surface area contributed by atoms with Crippen LogP contribution in [0.2, 0.25) is 0 Å². The zero-order valence-corrected chi connectivity index (χ0v) is 12.0. The molecule has 0 bridgehead atoms. The second-order valence-electron chi connectivity index (χ2n) is 5.00. The summed E-state index contributed by atoms with van der Waals surface area (Å²) in [6.07, 6.45) is 6.32. The molecule has 2 heterocycles. The van der Waals surface area contributed by atoms with E-state index in [4.69, 9.17) is 5.11 Å². The maximum atomic E-state index is 8.90. The molecule has 0 spiro atoms. The molecule has 2 aromatic rings. The van der Waals surface area contributed by atoms with Crippen LogP contribution in [0.15, 0.2) is 0 Å². The predicted molar refractivity (Wildman–Crippen MR) is 75.4 cm³/mol. The average Bonchev–Trinajstić information content (AvgIpc) is 3.15. The van der Waals surface area contributed by atoms with Crippen molar-refractivity contribution in [3.8, 4) is 0 Å². The number of aromatic nitrogens is 5. The van der Waals surface area contributed by atoms with Gasteiger partial charge >= 0.3 is 0 Å². The fourth-order valence-electron chi connectivity index (χ4n) is 2.48. The Labute approximate surface area is 121 Å². The Hall–Kier alpha value is -1.54. The van der Waals surface area contributed by atoms with Crippen molar-refractivity contribution in [3.63, 3.8) is 0 Å². The lowest BCUT2D eigenvalue weighted by atomic mass is 9.89. The number of rotatable bonds is 5. The van der Waals surface area contributed by atoms with Crippen molar-refractivity contribution in [2.45, 2.75) is 51.2 Å². The molecule has 0 amide bonds. The molecular weight excluding hydrogens is 276 g/mol. The van der Waals surface area contributed by atoms with Crippen LogP contribution in [-0.2, 0) is 13.2 Å². The summed E-state index contributed by atoms with van der Waals surface area (Å²) in [7, 11) is 0. The highest BCUT2D eigenvalue weighted by Crippen LogP contribution is 2.32. The van der Waals surface area contributed by atoms with Gasteiger partial charge in [-0.25, -0.2) is 9.97 Å². The second kappa shape index (κ2) is 6.27. The molecule has 3 N–H and O–H groups in total. The minimum absolute atomic E-state index is 0.152. The van der Waals surface area contributed by atoms with Gasteiger partial charge in [0.05, 0.1) is 6.54 Å². The summed E-state index contributed by atoms with van der Waals surface area (Å²) in [5.41, 5.74) is 0. The van der Waals surface area contributed by atoms with Crippen molar-refractivity contribution in [2.75, 3.05) is 5.32 Å². The van der Waals surface area contributed by atoms with E-state index in [1.165, 1.54) is 43.6 Å². The Balaban J connectivity index is 1.56. The van der Waals surface area contributed by atoms with Crippen LogP contribution in [-0.4, -0.2) is 29.6 Å². The standard InChI is InChI=1S/C12H18N6OS/c19-7-10-14-9(16-17-10)6-13-12-15-11(18-20-12)8-4-2-1-3-5-8/h8,19H,1-7H2,(H,13,15,18)(H,14,16,17). The number of anilines is 1. The smallest absolute Gasteiger partial charge is 0.202 e. The first-order valence-electron chi connectivity index (χ1n) is 6.93. The SMILES string of the molecule is OCc1n[nH]c(CNc2nc(C3CCCCC3)ns2)n1. The largest absolute Gasteiger partial charge is 0.388 e. The van der Waals surface area contributed by atoms with Crippen molar-refractivity contribution < 1.29 is 5.11 Å². The molecule has 20 heavy (non-hydrogen) atoms. The molecule has 0 atom stereocenters. The maximum Gasteiger partial charge on any atom is 0.202 e. The van der Waals surface area contributed by atoms with E-state index in [1.807, 2.05) is 0 Å². The monoisotopic (exact) mass is 294 g/mol. The maximum absolute atomic E-state index is 8.90. The van der Waals surface area contributed by atoms with E-state index in [2.05, 4.69) is 29.9 Å². The van der Waals surface area contributed by atoms with Crippen LogP contribution in [0.25, 0.3) is 0 Å². The van der Waals surface area contributed by atoms with E-state index >= 15 is 0 Å². The third-order valence-corrected chi connectivity index (χ3v) is 4.23. The summed E-state index contributed by atoms with van der Waals surface area (Å²) in [6.45, 7) is 0.355. The Morgan fingerprint density at radius 1 is 1.25 bits per heavy atom. The molecule has 0 radical (unpaired) electrons. The number of aliphatic hydroxyl groups excluding tert-OH is 1. The third kappa shape index (κ3) is 3.13. The molecule has 7 nitrogen and oxygen atoms in total.